The maximum Gasteiger partial charge on any atom is 0.330 e. The quantitative estimate of drug-likeness (QED) is 0.815. The number of nitrogens with zero attached hydrogens (tertiary/aromatic N) is 2. The average molecular weight is 366 g/mol. The van der Waals surface area contributed by atoms with Gasteiger partial charge in [-0.15, -0.1) is 0 Å². The first-order valence-corrected chi connectivity index (χ1v) is 8.21. The van der Waals surface area contributed by atoms with Crippen LogP contribution in [0.3, 0.4) is 0 Å². The van der Waals surface area contributed by atoms with Crippen LogP contribution >= 0.6 is 0 Å². The van der Waals surface area contributed by atoms with E-state index in [0.29, 0.717) is 6.42 Å². The highest BCUT2D eigenvalue weighted by Crippen LogP contribution is 2.22. The van der Waals surface area contributed by atoms with E-state index in [2.05, 4.69) is 4.98 Å². The zero-order chi connectivity index (χ0) is 19.4. The van der Waals surface area contributed by atoms with Gasteiger partial charge in [0, 0.05) is 13.1 Å². The van der Waals surface area contributed by atoms with Gasteiger partial charge in [0.1, 0.15) is 23.0 Å². The molecule has 7 nitrogen and oxygen atoms in total. The van der Waals surface area contributed by atoms with E-state index >= 15 is 0 Å². The van der Waals surface area contributed by atoms with E-state index in [1.807, 2.05) is 6.92 Å². The normalized spacial score (nSPS) is 10.8. The van der Waals surface area contributed by atoms with Crippen molar-refractivity contribution in [1.29, 1.82) is 0 Å². The summed E-state index contributed by atoms with van der Waals surface area (Å²) in [5.41, 5.74) is 3.25. The summed E-state index contributed by atoms with van der Waals surface area (Å²) in [5, 5.41) is 0. The molecule has 0 bridgehead atoms. The lowest BCUT2D eigenvalue weighted by molar-refractivity contribution is 0.0980. The van der Waals surface area contributed by atoms with E-state index < -0.39 is 34.4 Å². The number of rotatable bonds is 6. The number of hydrogen-bond donors (Lipinski definition) is 2. The molecule has 26 heavy (non-hydrogen) atoms. The molecule has 1 amide bonds. The van der Waals surface area contributed by atoms with E-state index in [4.69, 9.17) is 5.73 Å². The van der Waals surface area contributed by atoms with Gasteiger partial charge in [0.05, 0.1) is 0 Å². The van der Waals surface area contributed by atoms with Crippen LogP contribution in [0.15, 0.2) is 27.8 Å². The largest absolute Gasteiger partial charge is 0.383 e. The fourth-order valence-electron chi connectivity index (χ4n) is 2.62. The number of carbonyl (C=O) groups excluding carboxylic acids is 1. The van der Waals surface area contributed by atoms with Crippen molar-refractivity contribution in [2.75, 3.05) is 17.2 Å². The zero-order valence-electron chi connectivity index (χ0n) is 14.5. The number of unbranched alkanes of at least 4 members (excludes halogenated alkanes) is 1. The van der Waals surface area contributed by atoms with E-state index in [-0.39, 0.29) is 24.6 Å². The highest BCUT2D eigenvalue weighted by Gasteiger charge is 2.27. The predicted octanol–water partition coefficient (Wildman–Crippen LogP) is 1.86. The lowest BCUT2D eigenvalue weighted by Crippen LogP contribution is -2.41. The molecule has 0 unspecified atom stereocenters. The average Bonchev–Trinajstić information content (AvgIpc) is 2.58. The highest BCUT2D eigenvalue weighted by molar-refractivity contribution is 6.07. The summed E-state index contributed by atoms with van der Waals surface area (Å²) in [4.78, 5) is 39.9. The van der Waals surface area contributed by atoms with E-state index in [1.54, 1.807) is 0 Å². The number of aromatic nitrogens is 2. The lowest BCUT2D eigenvalue weighted by atomic mass is 10.1. The zero-order valence-corrected chi connectivity index (χ0v) is 14.5. The topological polar surface area (TPSA) is 101 Å². The van der Waals surface area contributed by atoms with Gasteiger partial charge in [0.2, 0.25) is 0 Å². The molecular formula is C17H20F2N4O3. The third-order valence-corrected chi connectivity index (χ3v) is 3.96. The summed E-state index contributed by atoms with van der Waals surface area (Å²) < 4.78 is 29.1. The Morgan fingerprint density at radius 3 is 2.38 bits per heavy atom. The van der Waals surface area contributed by atoms with Crippen LogP contribution in [0.5, 0.6) is 0 Å². The number of amides is 1. The Hall–Kier alpha value is -2.97. The van der Waals surface area contributed by atoms with Crippen LogP contribution in [0.1, 0.15) is 37.0 Å². The van der Waals surface area contributed by atoms with Gasteiger partial charge < -0.3 is 10.6 Å². The van der Waals surface area contributed by atoms with Gasteiger partial charge in [-0.1, -0.05) is 19.4 Å². The van der Waals surface area contributed by atoms with Gasteiger partial charge in [-0.2, -0.15) is 0 Å². The number of nitrogens with two attached hydrogens (primary N) is 1. The number of aromatic amines is 1. The molecule has 0 atom stereocenters. The van der Waals surface area contributed by atoms with Gasteiger partial charge >= 0.3 is 5.69 Å². The summed E-state index contributed by atoms with van der Waals surface area (Å²) in [6, 6.07) is 3.02. The molecule has 2 aromatic rings. The molecule has 3 N–H and O–H groups in total. The second-order valence-electron chi connectivity index (χ2n) is 5.64. The molecule has 0 aliphatic heterocycles. The first-order chi connectivity index (χ1) is 12.3. The molecule has 2 rings (SSSR count). The summed E-state index contributed by atoms with van der Waals surface area (Å²) >= 11 is 0. The molecule has 0 aliphatic carbocycles. The van der Waals surface area contributed by atoms with Crippen molar-refractivity contribution in [3.8, 4) is 0 Å². The number of nitrogens with one attached hydrogen (secondary N) is 1. The second-order valence-corrected chi connectivity index (χ2v) is 5.64. The van der Waals surface area contributed by atoms with Gasteiger partial charge in [0.15, 0.2) is 5.69 Å². The summed E-state index contributed by atoms with van der Waals surface area (Å²) in [7, 11) is 0. The van der Waals surface area contributed by atoms with Gasteiger partial charge in [-0.05, 0) is 25.5 Å². The molecule has 0 fully saturated rings. The Kier molecular flexibility index (Phi) is 5.91. The van der Waals surface area contributed by atoms with Crippen molar-refractivity contribution >= 4 is 17.4 Å². The molecule has 1 aromatic carbocycles. The molecule has 1 heterocycles. The minimum Gasteiger partial charge on any atom is -0.383 e. The third kappa shape index (κ3) is 3.51. The minimum absolute atomic E-state index is 0.0775. The molecule has 9 heteroatoms. The number of benzene rings is 1. The summed E-state index contributed by atoms with van der Waals surface area (Å²) in [6.07, 6.45) is 1.40. The Bertz CT molecular complexity index is 916. The minimum atomic E-state index is -1.05. The molecule has 140 valence electrons. The Labute approximate surface area is 148 Å². The van der Waals surface area contributed by atoms with Crippen LogP contribution in [0.25, 0.3) is 0 Å². The number of nitrogen functional groups attached to an aromatic ring is 1. The van der Waals surface area contributed by atoms with Crippen LogP contribution in [0.4, 0.5) is 20.3 Å². The van der Waals surface area contributed by atoms with Crippen molar-refractivity contribution in [3.63, 3.8) is 0 Å². The van der Waals surface area contributed by atoms with Crippen molar-refractivity contribution < 1.29 is 13.6 Å². The predicted molar refractivity (Wildman–Crippen MR) is 94.4 cm³/mol. The van der Waals surface area contributed by atoms with Crippen LogP contribution in [-0.4, -0.2) is 22.0 Å². The third-order valence-electron chi connectivity index (χ3n) is 3.96. The van der Waals surface area contributed by atoms with E-state index in [9.17, 15) is 23.2 Å². The molecule has 0 saturated carbocycles. The first-order valence-electron chi connectivity index (χ1n) is 8.21. The SMILES string of the molecule is CCCCn1c(N)c(N(CC)C(=O)c2c(F)cccc2F)c(=O)[nH]c1=O. The monoisotopic (exact) mass is 366 g/mol. The number of carbonyl (C=O) groups is 1. The maximum absolute atomic E-state index is 14.0. The van der Waals surface area contributed by atoms with Gasteiger partial charge in [-0.25, -0.2) is 13.6 Å². The Balaban J connectivity index is 2.62. The second kappa shape index (κ2) is 7.94. The number of halogens is 2. The summed E-state index contributed by atoms with van der Waals surface area (Å²) in [6.45, 7) is 3.60. The van der Waals surface area contributed by atoms with Crippen molar-refractivity contribution in [2.24, 2.45) is 0 Å². The van der Waals surface area contributed by atoms with Gasteiger partial charge in [-0.3, -0.25) is 19.1 Å². The number of H-pyrrole nitrogens is 1. The molecule has 0 aliphatic rings. The molecule has 0 radical (unpaired) electrons. The van der Waals surface area contributed by atoms with Crippen LogP contribution < -0.4 is 21.9 Å². The fraction of sp³-hybridized carbons (Fsp3) is 0.353. The molecule has 0 spiro atoms. The Morgan fingerprint density at radius 2 is 1.85 bits per heavy atom. The first kappa shape index (κ1) is 19.4. The van der Waals surface area contributed by atoms with Crippen LogP contribution in [-0.2, 0) is 6.54 Å². The number of anilines is 2. The lowest BCUT2D eigenvalue weighted by Gasteiger charge is -2.23. The van der Waals surface area contributed by atoms with Crippen molar-refractivity contribution in [2.45, 2.75) is 33.2 Å². The summed E-state index contributed by atoms with van der Waals surface area (Å²) in [5.74, 6) is -3.38. The maximum atomic E-state index is 14.0. The standard InChI is InChI=1S/C17H20F2N4O3/c1-3-5-9-23-14(20)13(15(24)21-17(23)26)22(4-2)16(25)12-10(18)7-6-8-11(12)19/h6-8H,3-5,9,20H2,1-2H3,(H,21,24,26). The van der Waals surface area contributed by atoms with Gasteiger partial charge in [0.25, 0.3) is 11.5 Å². The van der Waals surface area contributed by atoms with Crippen LogP contribution in [0.2, 0.25) is 0 Å². The molecular weight excluding hydrogens is 346 g/mol. The fourth-order valence-corrected chi connectivity index (χ4v) is 2.62. The van der Waals surface area contributed by atoms with E-state index in [1.165, 1.54) is 6.92 Å². The van der Waals surface area contributed by atoms with Crippen molar-refractivity contribution in [3.05, 3.63) is 56.2 Å². The highest BCUT2D eigenvalue weighted by atomic mass is 19.1. The van der Waals surface area contributed by atoms with Crippen LogP contribution in [0, 0.1) is 11.6 Å². The molecule has 1 aromatic heterocycles. The van der Waals surface area contributed by atoms with E-state index in [0.717, 1.165) is 34.1 Å². The van der Waals surface area contributed by atoms with Crippen molar-refractivity contribution in [1.82, 2.24) is 9.55 Å². The Morgan fingerprint density at radius 1 is 1.23 bits per heavy atom. The molecule has 0 saturated heterocycles. The smallest absolute Gasteiger partial charge is 0.330 e. The number of hydrogen-bond acceptors (Lipinski definition) is 4.